The molecule has 0 saturated heterocycles. The standard InChI is InChI=1S/C19H15NO2S/c21-19(22)17-14-7-1-2-9-16(14)20-18-12(5-3-8-15(17)18)11-13-6-4-10-23-13/h1-2,4,6-7,9-11H,3,5,8H2,(H,21,22)/p-1/b12-11+. The number of carboxylic acids is 1. The first-order valence-corrected chi connectivity index (χ1v) is 8.49. The summed E-state index contributed by atoms with van der Waals surface area (Å²) in [6, 6.07) is 11.5. The first-order chi connectivity index (χ1) is 11.2. The van der Waals surface area contributed by atoms with Crippen molar-refractivity contribution in [3.8, 4) is 0 Å². The van der Waals surface area contributed by atoms with Crippen LogP contribution in [0.1, 0.15) is 39.3 Å². The van der Waals surface area contributed by atoms with Crippen LogP contribution in [0.4, 0.5) is 0 Å². The van der Waals surface area contributed by atoms with E-state index >= 15 is 0 Å². The summed E-state index contributed by atoms with van der Waals surface area (Å²) in [5.74, 6) is -1.11. The van der Waals surface area contributed by atoms with E-state index < -0.39 is 5.97 Å². The Morgan fingerprint density at radius 3 is 2.83 bits per heavy atom. The molecule has 1 aromatic carbocycles. The molecule has 0 radical (unpaired) electrons. The molecule has 4 heteroatoms. The number of thiophene rings is 1. The molecule has 4 rings (SSSR count). The van der Waals surface area contributed by atoms with Gasteiger partial charge in [-0.2, -0.15) is 0 Å². The van der Waals surface area contributed by atoms with Crippen molar-refractivity contribution in [2.75, 3.05) is 0 Å². The van der Waals surface area contributed by atoms with Gasteiger partial charge in [-0.3, -0.25) is 0 Å². The fraction of sp³-hybridized carbons (Fsp3) is 0.158. The van der Waals surface area contributed by atoms with E-state index in [2.05, 4.69) is 12.1 Å². The molecule has 2 aromatic heterocycles. The summed E-state index contributed by atoms with van der Waals surface area (Å²) in [6.45, 7) is 0. The van der Waals surface area contributed by atoms with Crippen LogP contribution in [0, 0.1) is 0 Å². The van der Waals surface area contributed by atoms with Gasteiger partial charge < -0.3 is 9.90 Å². The highest BCUT2D eigenvalue weighted by atomic mass is 32.1. The zero-order valence-corrected chi connectivity index (χ0v) is 13.2. The number of carboxylic acid groups (broad SMARTS) is 1. The van der Waals surface area contributed by atoms with E-state index in [0.717, 1.165) is 41.0 Å². The number of nitrogens with zero attached hydrogens (tertiary/aromatic N) is 1. The van der Waals surface area contributed by atoms with Crippen molar-refractivity contribution in [1.29, 1.82) is 0 Å². The monoisotopic (exact) mass is 320 g/mol. The van der Waals surface area contributed by atoms with E-state index in [-0.39, 0.29) is 0 Å². The Morgan fingerprint density at radius 2 is 2.04 bits per heavy atom. The van der Waals surface area contributed by atoms with Gasteiger partial charge in [0.15, 0.2) is 0 Å². The molecule has 23 heavy (non-hydrogen) atoms. The second-order valence-corrected chi connectivity index (χ2v) is 6.64. The molecule has 0 N–H and O–H groups in total. The van der Waals surface area contributed by atoms with Crippen molar-refractivity contribution in [2.45, 2.75) is 19.3 Å². The number of carbonyl (C=O) groups is 1. The van der Waals surface area contributed by atoms with Crippen LogP contribution in [0.15, 0.2) is 41.8 Å². The van der Waals surface area contributed by atoms with Crippen LogP contribution in [-0.4, -0.2) is 11.0 Å². The average Bonchev–Trinajstić information content (AvgIpc) is 3.06. The molecule has 3 aromatic rings. The number of carbonyl (C=O) groups excluding carboxylic acids is 1. The first-order valence-electron chi connectivity index (χ1n) is 7.61. The highest BCUT2D eigenvalue weighted by Crippen LogP contribution is 2.36. The van der Waals surface area contributed by atoms with Crippen molar-refractivity contribution in [1.82, 2.24) is 4.98 Å². The third-order valence-corrected chi connectivity index (χ3v) is 5.05. The Kier molecular flexibility index (Phi) is 3.46. The van der Waals surface area contributed by atoms with Crippen molar-refractivity contribution in [3.63, 3.8) is 0 Å². The largest absolute Gasteiger partial charge is 0.545 e. The number of rotatable bonds is 2. The minimum absolute atomic E-state index is 0.308. The number of hydrogen-bond donors (Lipinski definition) is 0. The topological polar surface area (TPSA) is 53.0 Å². The van der Waals surface area contributed by atoms with Crippen molar-refractivity contribution >= 4 is 39.9 Å². The maximum atomic E-state index is 11.8. The predicted octanol–water partition coefficient (Wildman–Crippen LogP) is 3.54. The van der Waals surface area contributed by atoms with Gasteiger partial charge in [-0.15, -0.1) is 11.3 Å². The number of fused-ring (bicyclic) bond motifs is 2. The van der Waals surface area contributed by atoms with Crippen molar-refractivity contribution in [3.05, 3.63) is 63.5 Å². The van der Waals surface area contributed by atoms with Gasteiger partial charge in [-0.05, 0) is 54.0 Å². The Balaban J connectivity index is 2.01. The molecule has 3 nitrogen and oxygen atoms in total. The first kappa shape index (κ1) is 14.2. The number of allylic oxidation sites excluding steroid dienone is 1. The fourth-order valence-corrected chi connectivity index (χ4v) is 3.93. The Bertz CT molecular complexity index is 926. The summed E-state index contributed by atoms with van der Waals surface area (Å²) in [6.07, 6.45) is 4.72. The number of aromatic carboxylic acids is 1. The number of benzene rings is 1. The minimum Gasteiger partial charge on any atom is -0.545 e. The number of para-hydroxylation sites is 1. The second kappa shape index (κ2) is 5.63. The van der Waals surface area contributed by atoms with E-state index in [0.29, 0.717) is 16.5 Å². The number of pyridine rings is 1. The van der Waals surface area contributed by atoms with Crippen LogP contribution in [0.25, 0.3) is 22.6 Å². The Labute approximate surface area is 137 Å². The summed E-state index contributed by atoms with van der Waals surface area (Å²) in [5, 5.41) is 14.5. The lowest BCUT2D eigenvalue weighted by Crippen LogP contribution is -2.26. The minimum atomic E-state index is -1.11. The summed E-state index contributed by atoms with van der Waals surface area (Å²) < 4.78 is 0. The Hall–Kier alpha value is -2.46. The maximum Gasteiger partial charge on any atom is 0.0725 e. The van der Waals surface area contributed by atoms with E-state index in [1.54, 1.807) is 11.3 Å². The smallest absolute Gasteiger partial charge is 0.0725 e. The maximum absolute atomic E-state index is 11.8. The Morgan fingerprint density at radius 1 is 1.17 bits per heavy atom. The van der Waals surface area contributed by atoms with Crippen LogP contribution < -0.4 is 5.11 Å². The molecule has 0 bridgehead atoms. The van der Waals surface area contributed by atoms with Gasteiger partial charge in [0.25, 0.3) is 0 Å². The molecule has 2 heterocycles. The average molecular weight is 320 g/mol. The molecule has 0 saturated carbocycles. The summed E-state index contributed by atoms with van der Waals surface area (Å²) in [5.41, 5.74) is 3.77. The molecular formula is C19H14NO2S-. The molecule has 114 valence electrons. The zero-order valence-electron chi connectivity index (χ0n) is 12.4. The molecular weight excluding hydrogens is 306 g/mol. The third kappa shape index (κ3) is 2.45. The van der Waals surface area contributed by atoms with E-state index in [1.165, 1.54) is 0 Å². The zero-order chi connectivity index (χ0) is 15.8. The highest BCUT2D eigenvalue weighted by Gasteiger charge is 2.22. The molecule has 0 amide bonds. The lowest BCUT2D eigenvalue weighted by atomic mass is 9.86. The van der Waals surface area contributed by atoms with E-state index in [1.807, 2.05) is 35.7 Å². The van der Waals surface area contributed by atoms with Crippen LogP contribution in [-0.2, 0) is 6.42 Å². The van der Waals surface area contributed by atoms with E-state index in [4.69, 9.17) is 4.98 Å². The lowest BCUT2D eigenvalue weighted by Gasteiger charge is -2.23. The molecule has 0 spiro atoms. The van der Waals surface area contributed by atoms with Gasteiger partial charge in [0, 0.05) is 15.8 Å². The fourth-order valence-electron chi connectivity index (χ4n) is 3.25. The molecule has 0 fully saturated rings. The summed E-state index contributed by atoms with van der Waals surface area (Å²) in [7, 11) is 0. The summed E-state index contributed by atoms with van der Waals surface area (Å²) >= 11 is 1.67. The number of hydrogen-bond acceptors (Lipinski definition) is 4. The highest BCUT2D eigenvalue weighted by molar-refractivity contribution is 7.10. The van der Waals surface area contributed by atoms with Gasteiger partial charge in [0.05, 0.1) is 17.2 Å². The van der Waals surface area contributed by atoms with Crippen LogP contribution in [0.5, 0.6) is 0 Å². The quantitative estimate of drug-likeness (QED) is 0.726. The number of aromatic nitrogens is 1. The van der Waals surface area contributed by atoms with Crippen LogP contribution in [0.3, 0.4) is 0 Å². The molecule has 0 unspecified atom stereocenters. The molecule has 1 aliphatic rings. The van der Waals surface area contributed by atoms with Crippen LogP contribution in [0.2, 0.25) is 0 Å². The predicted molar refractivity (Wildman–Crippen MR) is 91.2 cm³/mol. The van der Waals surface area contributed by atoms with Crippen LogP contribution >= 0.6 is 11.3 Å². The SMILES string of the molecule is O=C([O-])c1c2c(nc3ccccc13)/C(=C/c1cccs1)CCC2. The lowest BCUT2D eigenvalue weighted by molar-refractivity contribution is -0.254. The summed E-state index contributed by atoms with van der Waals surface area (Å²) in [4.78, 5) is 17.7. The molecule has 0 atom stereocenters. The normalized spacial score (nSPS) is 15.7. The molecule has 0 aliphatic heterocycles. The van der Waals surface area contributed by atoms with Gasteiger partial charge >= 0.3 is 0 Å². The van der Waals surface area contributed by atoms with Gasteiger partial charge in [-0.1, -0.05) is 24.3 Å². The van der Waals surface area contributed by atoms with Crippen molar-refractivity contribution in [2.24, 2.45) is 0 Å². The van der Waals surface area contributed by atoms with E-state index in [9.17, 15) is 9.90 Å². The molecule has 1 aliphatic carbocycles. The van der Waals surface area contributed by atoms with Gasteiger partial charge in [-0.25, -0.2) is 4.98 Å². The van der Waals surface area contributed by atoms with Crippen molar-refractivity contribution < 1.29 is 9.90 Å². The second-order valence-electron chi connectivity index (χ2n) is 5.66. The third-order valence-electron chi connectivity index (χ3n) is 4.23. The van der Waals surface area contributed by atoms with Gasteiger partial charge in [0.2, 0.25) is 0 Å². The van der Waals surface area contributed by atoms with Gasteiger partial charge in [0.1, 0.15) is 0 Å².